The summed E-state index contributed by atoms with van der Waals surface area (Å²) in [5.41, 5.74) is 2.02. The molecule has 0 saturated carbocycles. The molecule has 0 aliphatic rings. The minimum Gasteiger partial charge on any atom is -0.506 e. The third kappa shape index (κ3) is 1.74. The highest BCUT2D eigenvalue weighted by atomic mass is 16.3. The zero-order valence-corrected chi connectivity index (χ0v) is 9.17. The van der Waals surface area contributed by atoms with E-state index < -0.39 is 0 Å². The van der Waals surface area contributed by atoms with Crippen molar-refractivity contribution in [2.24, 2.45) is 0 Å². The van der Waals surface area contributed by atoms with E-state index in [0.29, 0.717) is 0 Å². The fraction of sp³-hybridized carbons (Fsp3) is 0. The molecule has 0 spiro atoms. The van der Waals surface area contributed by atoms with Crippen LogP contribution in [0.3, 0.4) is 0 Å². The Morgan fingerprint density at radius 3 is 2.59 bits per heavy atom. The van der Waals surface area contributed by atoms with Crippen LogP contribution in [0.5, 0.6) is 5.75 Å². The van der Waals surface area contributed by atoms with Gasteiger partial charge >= 0.3 is 0 Å². The highest BCUT2D eigenvalue weighted by molar-refractivity contribution is 5.96. The standard InChI is InChI=1S/C15H11NO/c17-13-8-12(9-16-10-13)15-7-3-5-11-4-1-2-6-14(11)15/h1-10,17H. The molecule has 1 N–H and O–H groups in total. The van der Waals surface area contributed by atoms with Gasteiger partial charge in [0, 0.05) is 11.8 Å². The predicted molar refractivity (Wildman–Crippen MR) is 68.8 cm³/mol. The van der Waals surface area contributed by atoms with Crippen LogP contribution in [0.25, 0.3) is 21.9 Å². The van der Waals surface area contributed by atoms with Crippen LogP contribution >= 0.6 is 0 Å². The van der Waals surface area contributed by atoms with Crippen LogP contribution in [0.15, 0.2) is 60.9 Å². The van der Waals surface area contributed by atoms with Crippen molar-refractivity contribution < 1.29 is 5.11 Å². The highest BCUT2D eigenvalue weighted by Gasteiger charge is 2.03. The first kappa shape index (κ1) is 9.85. The average molecular weight is 221 g/mol. The predicted octanol–water partition coefficient (Wildman–Crippen LogP) is 3.61. The quantitative estimate of drug-likeness (QED) is 0.681. The van der Waals surface area contributed by atoms with E-state index in [1.54, 1.807) is 12.3 Å². The number of aromatic nitrogens is 1. The Morgan fingerprint density at radius 2 is 1.71 bits per heavy atom. The van der Waals surface area contributed by atoms with Crippen molar-refractivity contribution >= 4 is 10.8 Å². The zero-order chi connectivity index (χ0) is 11.7. The van der Waals surface area contributed by atoms with Crippen LogP contribution in [0, 0.1) is 0 Å². The van der Waals surface area contributed by atoms with Gasteiger partial charge < -0.3 is 5.11 Å². The highest BCUT2D eigenvalue weighted by Crippen LogP contribution is 2.29. The first-order valence-electron chi connectivity index (χ1n) is 5.47. The number of fused-ring (bicyclic) bond motifs is 1. The largest absolute Gasteiger partial charge is 0.506 e. The van der Waals surface area contributed by atoms with Gasteiger partial charge in [-0.1, -0.05) is 42.5 Å². The van der Waals surface area contributed by atoms with Crippen molar-refractivity contribution in [1.82, 2.24) is 4.98 Å². The van der Waals surface area contributed by atoms with Crippen molar-refractivity contribution in [3.8, 4) is 16.9 Å². The van der Waals surface area contributed by atoms with Crippen molar-refractivity contribution in [3.63, 3.8) is 0 Å². The van der Waals surface area contributed by atoms with Crippen molar-refractivity contribution in [2.45, 2.75) is 0 Å². The van der Waals surface area contributed by atoms with Crippen molar-refractivity contribution in [3.05, 3.63) is 60.9 Å². The Hall–Kier alpha value is -2.35. The van der Waals surface area contributed by atoms with E-state index in [0.717, 1.165) is 11.1 Å². The minimum absolute atomic E-state index is 0.190. The zero-order valence-electron chi connectivity index (χ0n) is 9.17. The summed E-state index contributed by atoms with van der Waals surface area (Å²) in [6.07, 6.45) is 3.20. The van der Waals surface area contributed by atoms with E-state index in [9.17, 15) is 5.11 Å². The third-order valence-corrected chi connectivity index (χ3v) is 2.82. The molecule has 0 atom stereocenters. The lowest BCUT2D eigenvalue weighted by molar-refractivity contribution is 0.473. The average Bonchev–Trinajstić information content (AvgIpc) is 2.38. The third-order valence-electron chi connectivity index (χ3n) is 2.82. The Kier molecular flexibility index (Phi) is 2.26. The SMILES string of the molecule is Oc1cncc(-c2cccc3ccccc23)c1. The van der Waals surface area contributed by atoms with E-state index in [1.165, 1.54) is 17.0 Å². The number of benzene rings is 2. The number of hydrogen-bond acceptors (Lipinski definition) is 2. The molecule has 0 amide bonds. The maximum absolute atomic E-state index is 9.48. The van der Waals surface area contributed by atoms with E-state index in [-0.39, 0.29) is 5.75 Å². The second-order valence-corrected chi connectivity index (χ2v) is 3.96. The van der Waals surface area contributed by atoms with Crippen LogP contribution in [-0.2, 0) is 0 Å². The molecule has 3 rings (SSSR count). The van der Waals surface area contributed by atoms with E-state index in [4.69, 9.17) is 0 Å². The van der Waals surface area contributed by atoms with Crippen LogP contribution in [0.1, 0.15) is 0 Å². The van der Waals surface area contributed by atoms with Gasteiger partial charge in [0.2, 0.25) is 0 Å². The summed E-state index contributed by atoms with van der Waals surface area (Å²) in [6, 6.07) is 16.1. The Bertz CT molecular complexity index is 671. The molecule has 0 aliphatic heterocycles. The molecule has 0 saturated heterocycles. The van der Waals surface area contributed by atoms with Gasteiger partial charge in [-0.15, -0.1) is 0 Å². The fourth-order valence-corrected chi connectivity index (χ4v) is 2.05. The van der Waals surface area contributed by atoms with Gasteiger partial charge in [0.05, 0.1) is 6.20 Å². The van der Waals surface area contributed by atoms with Gasteiger partial charge in [-0.05, 0) is 22.4 Å². The molecule has 0 bridgehead atoms. The second-order valence-electron chi connectivity index (χ2n) is 3.96. The van der Waals surface area contributed by atoms with Gasteiger partial charge in [0.1, 0.15) is 5.75 Å². The molecule has 0 aliphatic carbocycles. The van der Waals surface area contributed by atoms with E-state index >= 15 is 0 Å². The number of hydrogen-bond donors (Lipinski definition) is 1. The maximum Gasteiger partial charge on any atom is 0.134 e. The summed E-state index contributed by atoms with van der Waals surface area (Å²) >= 11 is 0. The van der Waals surface area contributed by atoms with Crippen LogP contribution in [-0.4, -0.2) is 10.1 Å². The van der Waals surface area contributed by atoms with E-state index in [1.807, 2.05) is 24.3 Å². The summed E-state index contributed by atoms with van der Waals surface area (Å²) in [4.78, 5) is 4.02. The molecule has 0 radical (unpaired) electrons. The van der Waals surface area contributed by atoms with Gasteiger partial charge in [-0.2, -0.15) is 0 Å². The van der Waals surface area contributed by atoms with Gasteiger partial charge in [-0.25, -0.2) is 0 Å². The fourth-order valence-electron chi connectivity index (χ4n) is 2.05. The van der Waals surface area contributed by atoms with Gasteiger partial charge in [0.15, 0.2) is 0 Å². The number of rotatable bonds is 1. The van der Waals surface area contributed by atoms with E-state index in [2.05, 4.69) is 23.2 Å². The number of nitrogens with zero attached hydrogens (tertiary/aromatic N) is 1. The molecule has 2 aromatic carbocycles. The normalized spacial score (nSPS) is 10.6. The molecule has 82 valence electrons. The van der Waals surface area contributed by atoms with Gasteiger partial charge in [0.25, 0.3) is 0 Å². The lowest BCUT2D eigenvalue weighted by Gasteiger charge is -2.06. The molecule has 0 fully saturated rings. The first-order valence-corrected chi connectivity index (χ1v) is 5.47. The minimum atomic E-state index is 0.190. The monoisotopic (exact) mass is 221 g/mol. The Labute approximate surface area is 99.2 Å². The van der Waals surface area contributed by atoms with Gasteiger partial charge in [-0.3, -0.25) is 4.98 Å². The molecule has 0 unspecified atom stereocenters. The molecule has 17 heavy (non-hydrogen) atoms. The molecule has 2 nitrogen and oxygen atoms in total. The molecular weight excluding hydrogens is 210 g/mol. The molecular formula is C15H11NO. The summed E-state index contributed by atoms with van der Waals surface area (Å²) in [5, 5.41) is 11.8. The summed E-state index contributed by atoms with van der Waals surface area (Å²) in [5.74, 6) is 0.190. The number of aromatic hydroxyl groups is 1. The molecule has 2 heteroatoms. The van der Waals surface area contributed by atoms with Crippen LogP contribution < -0.4 is 0 Å². The topological polar surface area (TPSA) is 33.1 Å². The van der Waals surface area contributed by atoms with Crippen molar-refractivity contribution in [1.29, 1.82) is 0 Å². The molecule has 1 aromatic heterocycles. The number of pyridine rings is 1. The maximum atomic E-state index is 9.48. The van der Waals surface area contributed by atoms with Crippen LogP contribution in [0.2, 0.25) is 0 Å². The first-order chi connectivity index (χ1) is 8.34. The van der Waals surface area contributed by atoms with Crippen LogP contribution in [0.4, 0.5) is 0 Å². The smallest absolute Gasteiger partial charge is 0.134 e. The Balaban J connectivity index is 2.30. The molecule has 3 aromatic rings. The van der Waals surface area contributed by atoms with Crippen molar-refractivity contribution in [2.75, 3.05) is 0 Å². The lowest BCUT2D eigenvalue weighted by atomic mass is 9.99. The lowest BCUT2D eigenvalue weighted by Crippen LogP contribution is -1.82. The molecule has 1 heterocycles. The summed E-state index contributed by atoms with van der Waals surface area (Å²) in [6.45, 7) is 0. The summed E-state index contributed by atoms with van der Waals surface area (Å²) < 4.78 is 0. The Morgan fingerprint density at radius 1 is 0.882 bits per heavy atom. The second kappa shape index (κ2) is 3.91. The summed E-state index contributed by atoms with van der Waals surface area (Å²) in [7, 11) is 0.